The first-order chi connectivity index (χ1) is 13.0. The average Bonchev–Trinajstić information content (AvgIpc) is 3.08. The first-order valence-electron chi connectivity index (χ1n) is 9.34. The maximum absolute atomic E-state index is 12.0. The molecule has 2 N–H and O–H groups in total. The van der Waals surface area contributed by atoms with Crippen molar-refractivity contribution in [2.75, 3.05) is 18.0 Å². The normalized spacial score (nSPS) is 22.7. The number of aromatic nitrogens is 5. The molecule has 140 valence electrons. The van der Waals surface area contributed by atoms with Gasteiger partial charge in [0.2, 0.25) is 0 Å². The molecule has 2 atom stereocenters. The first kappa shape index (κ1) is 16.3. The highest BCUT2D eigenvalue weighted by Crippen LogP contribution is 2.42. The fourth-order valence-electron chi connectivity index (χ4n) is 4.13. The van der Waals surface area contributed by atoms with Gasteiger partial charge in [0.1, 0.15) is 17.3 Å². The number of fused-ring (bicyclic) bond motifs is 1. The molecule has 0 radical (unpaired) electrons. The van der Waals surface area contributed by atoms with E-state index in [1.807, 2.05) is 26.2 Å². The Labute approximate surface area is 156 Å². The van der Waals surface area contributed by atoms with Crippen LogP contribution in [-0.4, -0.2) is 48.9 Å². The molecule has 8 heteroatoms. The number of rotatable bonds is 4. The van der Waals surface area contributed by atoms with Crippen molar-refractivity contribution in [3.8, 4) is 0 Å². The van der Waals surface area contributed by atoms with E-state index < -0.39 is 11.9 Å². The zero-order chi connectivity index (χ0) is 18.7. The lowest BCUT2D eigenvalue weighted by atomic mass is 9.89. The summed E-state index contributed by atoms with van der Waals surface area (Å²) >= 11 is 0. The van der Waals surface area contributed by atoms with Crippen molar-refractivity contribution in [2.45, 2.75) is 31.6 Å². The Bertz CT molecular complexity index is 1030. The number of carboxylic acids is 1. The Morgan fingerprint density at radius 3 is 2.78 bits per heavy atom. The number of anilines is 1. The summed E-state index contributed by atoms with van der Waals surface area (Å²) in [6.45, 7) is 3.05. The summed E-state index contributed by atoms with van der Waals surface area (Å²) in [5.74, 6) is 0.787. The zero-order valence-electron chi connectivity index (χ0n) is 15.4. The third kappa shape index (κ3) is 2.58. The van der Waals surface area contributed by atoms with Gasteiger partial charge < -0.3 is 15.0 Å². The van der Waals surface area contributed by atoms with Crippen LogP contribution in [0.2, 0.25) is 0 Å². The molecule has 5 rings (SSSR count). The summed E-state index contributed by atoms with van der Waals surface area (Å²) in [6.07, 6.45) is 5.93. The topological polar surface area (TPSA) is 99.9 Å². The molecule has 1 aliphatic heterocycles. The lowest BCUT2D eigenvalue weighted by molar-refractivity contribution is -0.141. The summed E-state index contributed by atoms with van der Waals surface area (Å²) in [4.78, 5) is 26.8. The zero-order valence-corrected chi connectivity index (χ0v) is 15.4. The number of aliphatic carboxylic acids is 1. The molecule has 27 heavy (non-hydrogen) atoms. The predicted molar refractivity (Wildman–Crippen MR) is 99.9 cm³/mol. The monoisotopic (exact) mass is 366 g/mol. The van der Waals surface area contributed by atoms with Gasteiger partial charge in [0.05, 0.1) is 17.5 Å². The molecule has 3 aromatic rings. The van der Waals surface area contributed by atoms with Crippen LogP contribution >= 0.6 is 0 Å². The van der Waals surface area contributed by atoms with Crippen molar-refractivity contribution in [1.82, 2.24) is 24.7 Å². The largest absolute Gasteiger partial charge is 0.481 e. The smallest absolute Gasteiger partial charge is 0.308 e. The molecule has 0 aromatic carbocycles. The van der Waals surface area contributed by atoms with Crippen LogP contribution in [-0.2, 0) is 11.8 Å². The second kappa shape index (κ2) is 5.80. The van der Waals surface area contributed by atoms with Crippen LogP contribution in [0.25, 0.3) is 11.0 Å². The number of H-pyrrole nitrogens is 1. The van der Waals surface area contributed by atoms with Crippen molar-refractivity contribution < 1.29 is 9.90 Å². The first-order valence-corrected chi connectivity index (χ1v) is 9.34. The molecule has 0 spiro atoms. The Balaban J connectivity index is 1.56. The molecule has 3 aromatic heterocycles. The fraction of sp³-hybridized carbons (Fsp3) is 0.474. The summed E-state index contributed by atoms with van der Waals surface area (Å²) in [5, 5.41) is 15.1. The molecule has 8 nitrogen and oxygen atoms in total. The molecule has 4 heterocycles. The van der Waals surface area contributed by atoms with Crippen molar-refractivity contribution in [3.05, 3.63) is 35.5 Å². The van der Waals surface area contributed by atoms with E-state index in [2.05, 4.69) is 20.0 Å². The second-order valence-electron chi connectivity index (χ2n) is 7.68. The Morgan fingerprint density at radius 1 is 1.30 bits per heavy atom. The summed E-state index contributed by atoms with van der Waals surface area (Å²) in [7, 11) is 1.89. The molecule has 0 bridgehead atoms. The van der Waals surface area contributed by atoms with Gasteiger partial charge >= 0.3 is 5.97 Å². The average molecular weight is 366 g/mol. The Kier molecular flexibility index (Phi) is 3.50. The van der Waals surface area contributed by atoms with E-state index >= 15 is 0 Å². The molecule has 2 fully saturated rings. The van der Waals surface area contributed by atoms with Gasteiger partial charge in [0, 0.05) is 43.9 Å². The van der Waals surface area contributed by atoms with Crippen LogP contribution in [0.5, 0.6) is 0 Å². The second-order valence-corrected chi connectivity index (χ2v) is 7.68. The SMILES string of the molecule is Cc1c([C@@H]2CN(c3nc(C4CC4)nc4[nH]ccc34)C[C@H]2C(=O)O)cnn1C. The van der Waals surface area contributed by atoms with Gasteiger partial charge in [-0.25, -0.2) is 9.97 Å². The number of hydrogen-bond donors (Lipinski definition) is 2. The predicted octanol–water partition coefficient (Wildman–Crippen LogP) is 2.18. The number of aromatic amines is 1. The maximum Gasteiger partial charge on any atom is 0.308 e. The summed E-state index contributed by atoms with van der Waals surface area (Å²) in [6, 6.07) is 1.97. The van der Waals surface area contributed by atoms with Crippen molar-refractivity contribution in [1.29, 1.82) is 0 Å². The van der Waals surface area contributed by atoms with E-state index in [-0.39, 0.29) is 5.92 Å². The lowest BCUT2D eigenvalue weighted by Crippen LogP contribution is -2.24. The minimum atomic E-state index is -0.771. The molecule has 1 saturated heterocycles. The van der Waals surface area contributed by atoms with E-state index in [9.17, 15) is 9.90 Å². The van der Waals surface area contributed by atoms with Crippen LogP contribution in [0.15, 0.2) is 18.5 Å². The van der Waals surface area contributed by atoms with Gasteiger partial charge in [-0.3, -0.25) is 9.48 Å². The van der Waals surface area contributed by atoms with E-state index in [1.54, 1.807) is 10.9 Å². The molecular weight excluding hydrogens is 344 g/mol. The van der Waals surface area contributed by atoms with Crippen LogP contribution < -0.4 is 4.90 Å². The number of carboxylic acid groups (broad SMARTS) is 1. The minimum Gasteiger partial charge on any atom is -0.481 e. The van der Waals surface area contributed by atoms with Gasteiger partial charge in [-0.05, 0) is 31.4 Å². The molecule has 0 unspecified atom stereocenters. The van der Waals surface area contributed by atoms with Gasteiger partial charge in [0.25, 0.3) is 0 Å². The molecule has 0 amide bonds. The van der Waals surface area contributed by atoms with Crippen LogP contribution in [0.1, 0.15) is 41.8 Å². The van der Waals surface area contributed by atoms with Gasteiger partial charge in [-0.15, -0.1) is 0 Å². The van der Waals surface area contributed by atoms with Gasteiger partial charge in [0.15, 0.2) is 0 Å². The van der Waals surface area contributed by atoms with Crippen molar-refractivity contribution in [2.24, 2.45) is 13.0 Å². The Morgan fingerprint density at radius 2 is 2.11 bits per heavy atom. The van der Waals surface area contributed by atoms with E-state index in [0.717, 1.165) is 46.8 Å². The molecule has 1 saturated carbocycles. The van der Waals surface area contributed by atoms with Gasteiger partial charge in [-0.1, -0.05) is 0 Å². The molecule has 1 aliphatic carbocycles. The number of hydrogen-bond acceptors (Lipinski definition) is 5. The van der Waals surface area contributed by atoms with Crippen molar-refractivity contribution in [3.63, 3.8) is 0 Å². The van der Waals surface area contributed by atoms with E-state index in [0.29, 0.717) is 19.0 Å². The number of aryl methyl sites for hydroxylation is 1. The minimum absolute atomic E-state index is 0.107. The highest BCUT2D eigenvalue weighted by atomic mass is 16.4. The summed E-state index contributed by atoms with van der Waals surface area (Å²) in [5.41, 5.74) is 2.85. The third-order valence-corrected chi connectivity index (χ3v) is 5.96. The highest BCUT2D eigenvalue weighted by molar-refractivity contribution is 5.88. The van der Waals surface area contributed by atoms with Crippen LogP contribution in [0.4, 0.5) is 5.82 Å². The van der Waals surface area contributed by atoms with E-state index in [4.69, 9.17) is 4.98 Å². The number of carbonyl (C=O) groups is 1. The summed E-state index contributed by atoms with van der Waals surface area (Å²) < 4.78 is 1.80. The van der Waals surface area contributed by atoms with Crippen LogP contribution in [0, 0.1) is 12.8 Å². The lowest BCUT2D eigenvalue weighted by Gasteiger charge is -2.19. The van der Waals surface area contributed by atoms with Gasteiger partial charge in [-0.2, -0.15) is 5.10 Å². The van der Waals surface area contributed by atoms with Crippen molar-refractivity contribution >= 4 is 22.8 Å². The highest BCUT2D eigenvalue weighted by Gasteiger charge is 2.41. The molecular formula is C19H22N6O2. The maximum atomic E-state index is 12.0. The van der Waals surface area contributed by atoms with E-state index in [1.165, 1.54) is 0 Å². The Hall–Kier alpha value is -2.90. The molecule has 2 aliphatic rings. The van der Waals surface area contributed by atoms with Crippen LogP contribution in [0.3, 0.4) is 0 Å². The fourth-order valence-corrected chi connectivity index (χ4v) is 4.13. The third-order valence-electron chi connectivity index (χ3n) is 5.96. The standard InChI is InChI=1S/C19H22N6O2/c1-10-13(7-21-24(10)2)14-8-25(9-15(14)19(26)27)18-12-5-6-20-17(12)22-16(23-18)11-3-4-11/h5-7,11,14-15H,3-4,8-9H2,1-2H3,(H,26,27)(H,20,22,23)/t14-,15+/m0/s1. The quantitative estimate of drug-likeness (QED) is 0.734. The number of nitrogens with zero attached hydrogens (tertiary/aromatic N) is 5. The number of nitrogens with one attached hydrogen (secondary N) is 1.